The lowest BCUT2D eigenvalue weighted by molar-refractivity contribution is 0.149. The second kappa shape index (κ2) is 12.4. The number of benzene rings is 5. The number of ether oxygens (including phenoxy) is 1. The number of hydrogen-bond donors (Lipinski definition) is 0. The Balaban J connectivity index is 1.59. The Kier molecular flexibility index (Phi) is 8.07. The predicted octanol–water partition coefficient (Wildman–Crippen LogP) is 8.79. The largest absolute Gasteiger partial charge is 0.477 e. The molecular weight excluding hydrogens is 486 g/mol. The van der Waals surface area contributed by atoms with Crippen LogP contribution in [0.15, 0.2) is 133 Å². The summed E-state index contributed by atoms with van der Waals surface area (Å²) in [7, 11) is 0. The molecule has 0 saturated carbocycles. The van der Waals surface area contributed by atoms with Crippen LogP contribution in [0.1, 0.15) is 63.6 Å². The van der Waals surface area contributed by atoms with Gasteiger partial charge in [-0.2, -0.15) is 0 Å². The highest BCUT2D eigenvalue weighted by atomic mass is 16.5. The SMILES string of the molecule is Cc1cc(C(c2ccccc2)c2ccccc2)c(OCN2CCCC2)c(C(c2ccccc2)c2ccccc2)c1. The number of aryl methyl sites for hydroxylation is 1. The molecule has 0 spiro atoms. The summed E-state index contributed by atoms with van der Waals surface area (Å²) < 4.78 is 6.98. The fourth-order valence-electron chi connectivity index (χ4n) is 6.18. The van der Waals surface area contributed by atoms with Crippen molar-refractivity contribution < 1.29 is 4.74 Å². The van der Waals surface area contributed by atoms with E-state index in [-0.39, 0.29) is 11.8 Å². The summed E-state index contributed by atoms with van der Waals surface area (Å²) in [5.74, 6) is 1.12. The highest BCUT2D eigenvalue weighted by Crippen LogP contribution is 2.45. The van der Waals surface area contributed by atoms with Crippen LogP contribution in [0.4, 0.5) is 0 Å². The smallest absolute Gasteiger partial charge is 0.142 e. The zero-order chi connectivity index (χ0) is 27.1. The van der Waals surface area contributed by atoms with Crippen LogP contribution in [0.25, 0.3) is 0 Å². The molecule has 0 unspecified atom stereocenters. The fraction of sp³-hybridized carbons (Fsp3) is 0.211. The maximum absolute atomic E-state index is 6.98. The minimum absolute atomic E-state index is 0.0572. The van der Waals surface area contributed by atoms with E-state index in [9.17, 15) is 0 Å². The average molecular weight is 524 g/mol. The molecule has 0 aliphatic carbocycles. The van der Waals surface area contributed by atoms with E-state index >= 15 is 0 Å². The lowest BCUT2D eigenvalue weighted by Crippen LogP contribution is -2.26. The molecule has 2 heteroatoms. The molecule has 40 heavy (non-hydrogen) atoms. The van der Waals surface area contributed by atoms with Crippen molar-refractivity contribution in [1.82, 2.24) is 4.90 Å². The van der Waals surface area contributed by atoms with Crippen LogP contribution in [0, 0.1) is 6.92 Å². The van der Waals surface area contributed by atoms with Gasteiger partial charge in [0.05, 0.1) is 0 Å². The second-order valence-corrected chi connectivity index (χ2v) is 10.9. The number of likely N-dealkylation sites (tertiary alicyclic amines) is 1. The third-order valence-electron chi connectivity index (χ3n) is 8.03. The third kappa shape index (κ3) is 5.73. The molecule has 0 N–H and O–H groups in total. The van der Waals surface area contributed by atoms with Crippen LogP contribution in [0.2, 0.25) is 0 Å². The summed E-state index contributed by atoms with van der Waals surface area (Å²) in [5.41, 5.74) is 8.78. The van der Waals surface area contributed by atoms with E-state index < -0.39 is 0 Å². The van der Waals surface area contributed by atoms with Gasteiger partial charge in [-0.15, -0.1) is 0 Å². The Hall–Kier alpha value is -4.14. The van der Waals surface area contributed by atoms with E-state index in [0.29, 0.717) is 6.73 Å². The van der Waals surface area contributed by atoms with E-state index in [1.807, 2.05) is 0 Å². The van der Waals surface area contributed by atoms with Crippen LogP contribution < -0.4 is 4.74 Å². The monoisotopic (exact) mass is 523 g/mol. The van der Waals surface area contributed by atoms with Gasteiger partial charge in [-0.3, -0.25) is 4.90 Å². The molecule has 1 fully saturated rings. The summed E-state index contributed by atoms with van der Waals surface area (Å²) in [6, 6.07) is 48.2. The molecule has 0 radical (unpaired) electrons. The van der Waals surface area contributed by atoms with E-state index in [1.165, 1.54) is 51.8 Å². The summed E-state index contributed by atoms with van der Waals surface area (Å²) in [4.78, 5) is 2.44. The zero-order valence-electron chi connectivity index (χ0n) is 23.2. The lowest BCUT2D eigenvalue weighted by Gasteiger charge is -2.29. The lowest BCUT2D eigenvalue weighted by atomic mass is 9.79. The summed E-state index contributed by atoms with van der Waals surface area (Å²) >= 11 is 0. The van der Waals surface area contributed by atoms with Gasteiger partial charge in [0.25, 0.3) is 0 Å². The minimum atomic E-state index is 0.0572. The summed E-state index contributed by atoms with van der Waals surface area (Å²) in [5, 5.41) is 0. The first-order valence-corrected chi connectivity index (χ1v) is 14.5. The van der Waals surface area contributed by atoms with Crippen LogP contribution >= 0.6 is 0 Å². The van der Waals surface area contributed by atoms with Crippen molar-refractivity contribution in [1.29, 1.82) is 0 Å². The zero-order valence-corrected chi connectivity index (χ0v) is 23.2. The van der Waals surface area contributed by atoms with Crippen molar-refractivity contribution in [3.8, 4) is 5.75 Å². The van der Waals surface area contributed by atoms with Crippen LogP contribution in [-0.4, -0.2) is 24.7 Å². The van der Waals surface area contributed by atoms with Gasteiger partial charge >= 0.3 is 0 Å². The molecule has 0 amide bonds. The Morgan fingerprint density at radius 1 is 0.550 bits per heavy atom. The first-order chi connectivity index (χ1) is 19.8. The van der Waals surface area contributed by atoms with Crippen molar-refractivity contribution in [3.05, 3.63) is 172 Å². The van der Waals surface area contributed by atoms with Crippen LogP contribution in [-0.2, 0) is 0 Å². The minimum Gasteiger partial charge on any atom is -0.477 e. The molecule has 2 nitrogen and oxygen atoms in total. The first-order valence-electron chi connectivity index (χ1n) is 14.5. The van der Waals surface area contributed by atoms with Crippen molar-refractivity contribution in [2.45, 2.75) is 31.6 Å². The van der Waals surface area contributed by atoms with Gasteiger partial charge in [0.15, 0.2) is 0 Å². The Morgan fingerprint density at radius 2 is 0.900 bits per heavy atom. The van der Waals surface area contributed by atoms with Crippen LogP contribution in [0.5, 0.6) is 5.75 Å². The van der Waals surface area contributed by atoms with Gasteiger partial charge in [0, 0.05) is 36.1 Å². The molecule has 0 bridgehead atoms. The fourth-order valence-corrected chi connectivity index (χ4v) is 6.18. The van der Waals surface area contributed by atoms with Crippen molar-refractivity contribution in [2.75, 3.05) is 19.8 Å². The molecule has 1 saturated heterocycles. The van der Waals surface area contributed by atoms with Crippen LogP contribution in [0.3, 0.4) is 0 Å². The van der Waals surface area contributed by atoms with E-state index in [1.54, 1.807) is 0 Å². The average Bonchev–Trinajstić information content (AvgIpc) is 3.53. The number of rotatable bonds is 9. The molecule has 200 valence electrons. The normalized spacial score (nSPS) is 13.7. The van der Waals surface area contributed by atoms with E-state index in [2.05, 4.69) is 145 Å². The first kappa shape index (κ1) is 26.1. The number of nitrogens with zero attached hydrogens (tertiary/aromatic N) is 1. The molecule has 1 aliphatic heterocycles. The molecular formula is C38H37NO. The Labute approximate surface area is 238 Å². The Bertz CT molecular complexity index is 1310. The quantitative estimate of drug-likeness (QED) is 0.179. The highest BCUT2D eigenvalue weighted by molar-refractivity contribution is 5.58. The summed E-state index contributed by atoms with van der Waals surface area (Å²) in [6.07, 6.45) is 2.48. The van der Waals surface area contributed by atoms with E-state index in [0.717, 1.165) is 18.8 Å². The van der Waals surface area contributed by atoms with E-state index in [4.69, 9.17) is 4.74 Å². The van der Waals surface area contributed by atoms with Gasteiger partial charge in [-0.25, -0.2) is 0 Å². The van der Waals surface area contributed by atoms with Gasteiger partial charge in [0.1, 0.15) is 12.5 Å². The molecule has 0 atom stereocenters. The molecule has 5 aromatic rings. The van der Waals surface area contributed by atoms with Crippen molar-refractivity contribution >= 4 is 0 Å². The van der Waals surface area contributed by atoms with Gasteiger partial charge in [-0.1, -0.05) is 139 Å². The topological polar surface area (TPSA) is 12.5 Å². The molecule has 5 aromatic carbocycles. The maximum Gasteiger partial charge on any atom is 0.142 e. The Morgan fingerprint density at radius 3 is 1.25 bits per heavy atom. The number of hydrogen-bond acceptors (Lipinski definition) is 2. The van der Waals surface area contributed by atoms with Gasteiger partial charge in [0.2, 0.25) is 0 Å². The van der Waals surface area contributed by atoms with Crippen molar-refractivity contribution in [2.24, 2.45) is 0 Å². The van der Waals surface area contributed by atoms with Gasteiger partial charge in [-0.05, 0) is 42.0 Å². The summed E-state index contributed by atoms with van der Waals surface area (Å²) in [6.45, 7) is 5.02. The molecule has 6 rings (SSSR count). The highest BCUT2D eigenvalue weighted by Gasteiger charge is 2.28. The molecule has 1 heterocycles. The molecule has 0 aromatic heterocycles. The standard InChI is InChI=1S/C38H37NO/c1-29-26-34(36(30-16-6-2-7-17-30)31-18-8-3-9-19-31)38(40-28-39-24-14-15-25-39)35(27-29)37(32-20-10-4-11-21-32)33-22-12-5-13-23-33/h2-13,16-23,26-27,36-37H,14-15,24-25,28H2,1H3. The third-order valence-corrected chi connectivity index (χ3v) is 8.03. The second-order valence-electron chi connectivity index (χ2n) is 10.9. The molecule has 1 aliphatic rings. The maximum atomic E-state index is 6.98. The van der Waals surface area contributed by atoms with Crippen molar-refractivity contribution in [3.63, 3.8) is 0 Å². The predicted molar refractivity (Wildman–Crippen MR) is 165 cm³/mol. The van der Waals surface area contributed by atoms with Gasteiger partial charge < -0.3 is 4.74 Å².